The number of aromatic nitrogens is 2. The minimum Gasteiger partial charge on any atom is -0.343 e. The highest BCUT2D eigenvalue weighted by molar-refractivity contribution is 6.08. The summed E-state index contributed by atoms with van der Waals surface area (Å²) >= 11 is 0. The fourth-order valence-corrected chi connectivity index (χ4v) is 4.25. The van der Waals surface area contributed by atoms with Crippen molar-refractivity contribution in [3.63, 3.8) is 0 Å². The van der Waals surface area contributed by atoms with Gasteiger partial charge in [0.05, 0.1) is 6.20 Å². The second kappa shape index (κ2) is 7.71. The quantitative estimate of drug-likeness (QED) is 0.624. The summed E-state index contributed by atoms with van der Waals surface area (Å²) in [7, 11) is 0. The number of aryl methyl sites for hydroxylation is 1. The number of carbonyl (C=O) groups excluding carboxylic acids is 2. The standard InChI is InChI=1S/C24H20F2N4O2/c1-13-5-8-15(9-6-13)28-24(32)16-12-27-30-22(14-7-10-17(25)18(26)11-14)21-19(29-23(16)30)3-2-4-20(21)31/h5-12,22,29H,2-4H2,1H3,(H,28,32)/t22-/m1/s1. The maximum absolute atomic E-state index is 14.1. The average molecular weight is 434 g/mol. The van der Waals surface area contributed by atoms with Gasteiger partial charge in [0.2, 0.25) is 0 Å². The molecule has 1 aliphatic heterocycles. The van der Waals surface area contributed by atoms with Gasteiger partial charge in [-0.05, 0) is 49.6 Å². The topological polar surface area (TPSA) is 76.0 Å². The van der Waals surface area contributed by atoms with Gasteiger partial charge in [-0.15, -0.1) is 0 Å². The zero-order chi connectivity index (χ0) is 22.4. The molecule has 162 valence electrons. The van der Waals surface area contributed by atoms with E-state index in [9.17, 15) is 18.4 Å². The zero-order valence-corrected chi connectivity index (χ0v) is 17.3. The van der Waals surface area contributed by atoms with Crippen molar-refractivity contribution in [2.75, 3.05) is 10.6 Å². The lowest BCUT2D eigenvalue weighted by molar-refractivity contribution is -0.116. The maximum atomic E-state index is 14.1. The highest BCUT2D eigenvalue weighted by Crippen LogP contribution is 2.41. The molecular weight excluding hydrogens is 414 g/mol. The van der Waals surface area contributed by atoms with Crippen LogP contribution in [-0.2, 0) is 4.79 Å². The molecule has 2 heterocycles. The van der Waals surface area contributed by atoms with Crippen molar-refractivity contribution in [1.82, 2.24) is 9.78 Å². The number of carbonyl (C=O) groups is 2. The number of fused-ring (bicyclic) bond motifs is 1. The largest absolute Gasteiger partial charge is 0.343 e. The van der Waals surface area contributed by atoms with Crippen molar-refractivity contribution < 1.29 is 18.4 Å². The van der Waals surface area contributed by atoms with Gasteiger partial charge in [-0.2, -0.15) is 5.10 Å². The molecule has 1 aliphatic carbocycles. The summed E-state index contributed by atoms with van der Waals surface area (Å²) in [4.78, 5) is 25.8. The van der Waals surface area contributed by atoms with Crippen molar-refractivity contribution in [2.45, 2.75) is 32.2 Å². The molecule has 6 nitrogen and oxygen atoms in total. The first-order chi connectivity index (χ1) is 15.4. The summed E-state index contributed by atoms with van der Waals surface area (Å²) in [6.07, 6.45) is 3.08. The third-order valence-corrected chi connectivity index (χ3v) is 5.85. The Labute approximate surface area is 182 Å². The molecule has 2 aromatic carbocycles. The van der Waals surface area contributed by atoms with Gasteiger partial charge in [-0.1, -0.05) is 23.8 Å². The Kier molecular flexibility index (Phi) is 4.84. The number of allylic oxidation sites excluding steroid dienone is 2. The van der Waals surface area contributed by atoms with Gasteiger partial charge in [0.25, 0.3) is 5.91 Å². The minimum absolute atomic E-state index is 0.0692. The average Bonchev–Trinajstić information content (AvgIpc) is 3.20. The fraction of sp³-hybridized carbons (Fsp3) is 0.208. The van der Waals surface area contributed by atoms with Crippen molar-refractivity contribution in [3.05, 3.63) is 88.3 Å². The van der Waals surface area contributed by atoms with Crippen LogP contribution in [0.5, 0.6) is 0 Å². The molecule has 0 fully saturated rings. The van der Waals surface area contributed by atoms with E-state index in [4.69, 9.17) is 0 Å². The fourth-order valence-electron chi connectivity index (χ4n) is 4.25. The first kappa shape index (κ1) is 20.1. The summed E-state index contributed by atoms with van der Waals surface area (Å²) in [6.45, 7) is 1.96. The summed E-state index contributed by atoms with van der Waals surface area (Å²) in [5, 5.41) is 10.4. The van der Waals surface area contributed by atoms with Crippen molar-refractivity contribution >= 4 is 23.2 Å². The van der Waals surface area contributed by atoms with Crippen LogP contribution in [-0.4, -0.2) is 21.5 Å². The highest BCUT2D eigenvalue weighted by atomic mass is 19.2. The molecule has 8 heteroatoms. The van der Waals surface area contributed by atoms with Crippen LogP contribution in [0.25, 0.3) is 0 Å². The minimum atomic E-state index is -1.00. The molecule has 1 aromatic heterocycles. The van der Waals surface area contributed by atoms with Crippen LogP contribution >= 0.6 is 0 Å². The van der Waals surface area contributed by atoms with Gasteiger partial charge in [0, 0.05) is 23.4 Å². The molecule has 32 heavy (non-hydrogen) atoms. The predicted molar refractivity (Wildman–Crippen MR) is 115 cm³/mol. The number of Topliss-reactive ketones (excluding diaryl/α,β-unsaturated/α-hetero) is 1. The van der Waals surface area contributed by atoms with Crippen LogP contribution in [0.1, 0.15) is 46.8 Å². The van der Waals surface area contributed by atoms with E-state index in [1.54, 1.807) is 12.1 Å². The lowest BCUT2D eigenvalue weighted by Crippen LogP contribution is -2.32. The zero-order valence-electron chi connectivity index (χ0n) is 17.3. The normalized spacial score (nSPS) is 17.5. The van der Waals surface area contributed by atoms with Crippen LogP contribution in [0, 0.1) is 18.6 Å². The lowest BCUT2D eigenvalue weighted by Gasteiger charge is -2.33. The van der Waals surface area contributed by atoms with E-state index in [1.807, 2.05) is 19.1 Å². The molecule has 0 saturated carbocycles. The Bertz CT molecular complexity index is 1280. The molecule has 3 aromatic rings. The number of hydrogen-bond acceptors (Lipinski definition) is 4. The molecule has 1 atom stereocenters. The van der Waals surface area contributed by atoms with Crippen molar-refractivity contribution in [3.8, 4) is 0 Å². The highest BCUT2D eigenvalue weighted by Gasteiger charge is 2.37. The van der Waals surface area contributed by atoms with E-state index in [0.717, 1.165) is 17.7 Å². The number of hydrogen-bond donors (Lipinski definition) is 2. The Morgan fingerprint density at radius 1 is 1.12 bits per heavy atom. The van der Waals surface area contributed by atoms with Gasteiger partial charge in [0.1, 0.15) is 17.4 Å². The first-order valence-electron chi connectivity index (χ1n) is 10.4. The van der Waals surface area contributed by atoms with Crippen LogP contribution < -0.4 is 10.6 Å². The molecule has 5 rings (SSSR count). The lowest BCUT2D eigenvalue weighted by atomic mass is 9.85. The van der Waals surface area contributed by atoms with Crippen LogP contribution in [0.2, 0.25) is 0 Å². The number of nitrogens with one attached hydrogen (secondary N) is 2. The van der Waals surface area contributed by atoms with Gasteiger partial charge >= 0.3 is 0 Å². The number of rotatable bonds is 3. The number of anilines is 2. The Hall–Kier alpha value is -3.81. The van der Waals surface area contributed by atoms with Crippen LogP contribution in [0.15, 0.2) is 59.9 Å². The second-order valence-corrected chi connectivity index (χ2v) is 8.04. The van der Waals surface area contributed by atoms with Crippen molar-refractivity contribution in [2.24, 2.45) is 0 Å². The molecule has 0 spiro atoms. The number of halogens is 2. The van der Waals surface area contributed by atoms with Gasteiger partial charge in [-0.25, -0.2) is 13.5 Å². The molecule has 0 unspecified atom stereocenters. The van der Waals surface area contributed by atoms with Crippen LogP contribution in [0.3, 0.4) is 0 Å². The Morgan fingerprint density at radius 2 is 1.91 bits per heavy atom. The third-order valence-electron chi connectivity index (χ3n) is 5.85. The van der Waals surface area contributed by atoms with Crippen molar-refractivity contribution in [1.29, 1.82) is 0 Å². The molecule has 1 amide bonds. The summed E-state index contributed by atoms with van der Waals surface area (Å²) in [5.74, 6) is -1.99. The van der Waals surface area contributed by atoms with E-state index >= 15 is 0 Å². The number of amides is 1. The summed E-state index contributed by atoms with van der Waals surface area (Å²) in [5.41, 5.74) is 3.56. The third kappa shape index (κ3) is 3.37. The molecule has 2 N–H and O–H groups in total. The first-order valence-corrected chi connectivity index (χ1v) is 10.4. The summed E-state index contributed by atoms with van der Waals surface area (Å²) in [6, 6.07) is 10.2. The maximum Gasteiger partial charge on any atom is 0.261 e. The van der Waals surface area contributed by atoms with E-state index < -0.39 is 17.7 Å². The molecule has 2 aliphatic rings. The number of nitrogens with zero attached hydrogens (tertiary/aromatic N) is 2. The smallest absolute Gasteiger partial charge is 0.261 e. The SMILES string of the molecule is Cc1ccc(NC(=O)c2cnn3c2NC2=C(C(=O)CCC2)[C@H]3c2ccc(F)c(F)c2)cc1. The molecular formula is C24H20F2N4O2. The van der Waals surface area contributed by atoms with Gasteiger partial charge in [-0.3, -0.25) is 9.59 Å². The monoisotopic (exact) mass is 434 g/mol. The van der Waals surface area contributed by atoms with E-state index in [1.165, 1.54) is 16.9 Å². The molecule has 0 bridgehead atoms. The predicted octanol–water partition coefficient (Wildman–Crippen LogP) is 4.74. The van der Waals surface area contributed by atoms with E-state index in [0.29, 0.717) is 53.2 Å². The summed E-state index contributed by atoms with van der Waals surface area (Å²) < 4.78 is 29.1. The second-order valence-electron chi connectivity index (χ2n) is 8.04. The van der Waals surface area contributed by atoms with Gasteiger partial charge < -0.3 is 10.6 Å². The van der Waals surface area contributed by atoms with E-state index in [-0.39, 0.29) is 11.7 Å². The molecule has 0 saturated heterocycles. The number of benzene rings is 2. The van der Waals surface area contributed by atoms with Crippen LogP contribution in [0.4, 0.5) is 20.3 Å². The number of ketones is 1. The van der Waals surface area contributed by atoms with Gasteiger partial charge in [0.15, 0.2) is 17.4 Å². The molecule has 0 radical (unpaired) electrons. The Morgan fingerprint density at radius 3 is 2.66 bits per heavy atom. The van der Waals surface area contributed by atoms with E-state index in [2.05, 4.69) is 15.7 Å². The Balaban J connectivity index is 1.58.